The SMILES string of the molecule is C[N+]1(CCCCCCOc2ccc(C(=C3C4CC5CC(C4)CC3C5)c3ccc(Cl)cc3)cc2)CCCC1. The molecular weight excluding hydrogens is 474 g/mol. The first-order valence-corrected chi connectivity index (χ1v) is 15.5. The Hall–Kier alpha value is -1.77. The third-order valence-electron chi connectivity index (χ3n) is 10.1. The van der Waals surface area contributed by atoms with E-state index >= 15 is 0 Å². The third-order valence-corrected chi connectivity index (χ3v) is 10.3. The van der Waals surface area contributed by atoms with Crippen molar-refractivity contribution in [2.75, 3.05) is 33.3 Å². The summed E-state index contributed by atoms with van der Waals surface area (Å²) >= 11 is 6.28. The van der Waals surface area contributed by atoms with Crippen LogP contribution in [0.2, 0.25) is 5.02 Å². The number of likely N-dealkylation sites (tertiary alicyclic amines) is 1. The summed E-state index contributed by atoms with van der Waals surface area (Å²) in [5, 5.41) is 0.814. The van der Waals surface area contributed by atoms with E-state index in [2.05, 4.69) is 55.6 Å². The van der Waals surface area contributed by atoms with E-state index in [1.807, 2.05) is 0 Å². The van der Waals surface area contributed by atoms with Crippen molar-refractivity contribution in [2.45, 2.75) is 70.6 Å². The summed E-state index contributed by atoms with van der Waals surface area (Å²) in [5.74, 6) is 4.49. The van der Waals surface area contributed by atoms with Crippen molar-refractivity contribution in [1.29, 1.82) is 0 Å². The van der Waals surface area contributed by atoms with Gasteiger partial charge in [-0.15, -0.1) is 0 Å². The zero-order valence-electron chi connectivity index (χ0n) is 22.8. The molecule has 4 bridgehead atoms. The lowest BCUT2D eigenvalue weighted by Crippen LogP contribution is -2.41. The first-order valence-electron chi connectivity index (χ1n) is 15.1. The van der Waals surface area contributed by atoms with Gasteiger partial charge in [-0.05, 0) is 122 Å². The molecule has 1 saturated heterocycles. The Bertz CT molecular complexity index is 1050. The van der Waals surface area contributed by atoms with E-state index in [0.717, 1.165) is 47.5 Å². The molecule has 0 aromatic heterocycles. The van der Waals surface area contributed by atoms with Gasteiger partial charge in [0.05, 0.1) is 33.3 Å². The van der Waals surface area contributed by atoms with Gasteiger partial charge in [-0.1, -0.05) is 41.4 Å². The highest BCUT2D eigenvalue weighted by Crippen LogP contribution is 2.58. The van der Waals surface area contributed by atoms with E-state index in [1.165, 1.54) is 105 Å². The number of hydrogen-bond acceptors (Lipinski definition) is 1. The average Bonchev–Trinajstić information content (AvgIpc) is 3.33. The number of nitrogens with zero attached hydrogens (tertiary/aromatic N) is 1. The van der Waals surface area contributed by atoms with Gasteiger partial charge in [-0.3, -0.25) is 0 Å². The first-order chi connectivity index (χ1) is 18.1. The van der Waals surface area contributed by atoms with Gasteiger partial charge in [0.1, 0.15) is 5.75 Å². The number of halogens is 1. The van der Waals surface area contributed by atoms with Gasteiger partial charge in [0.2, 0.25) is 0 Å². The van der Waals surface area contributed by atoms with E-state index < -0.39 is 0 Å². The smallest absolute Gasteiger partial charge is 0.119 e. The zero-order valence-corrected chi connectivity index (χ0v) is 23.5. The molecule has 7 rings (SSSR count). The number of rotatable bonds is 10. The summed E-state index contributed by atoms with van der Waals surface area (Å²) in [6.07, 6.45) is 15.0. The van der Waals surface area contributed by atoms with E-state index in [0.29, 0.717) is 0 Å². The van der Waals surface area contributed by atoms with Gasteiger partial charge >= 0.3 is 0 Å². The van der Waals surface area contributed by atoms with Crippen molar-refractivity contribution < 1.29 is 9.22 Å². The largest absolute Gasteiger partial charge is 0.494 e. The fourth-order valence-electron chi connectivity index (χ4n) is 8.40. The second kappa shape index (κ2) is 11.1. The van der Waals surface area contributed by atoms with Gasteiger partial charge in [-0.2, -0.15) is 0 Å². The van der Waals surface area contributed by atoms with Crippen LogP contribution in [0.4, 0.5) is 0 Å². The van der Waals surface area contributed by atoms with Gasteiger partial charge in [-0.25, -0.2) is 0 Å². The molecular formula is C34H45ClNO+. The van der Waals surface area contributed by atoms with Crippen LogP contribution in [0.25, 0.3) is 5.57 Å². The number of allylic oxidation sites excluding steroid dienone is 1. The molecule has 2 aromatic carbocycles. The van der Waals surface area contributed by atoms with Gasteiger partial charge in [0, 0.05) is 17.9 Å². The Kier molecular flexibility index (Phi) is 7.68. The molecule has 4 aliphatic carbocycles. The molecule has 3 heteroatoms. The molecule has 5 fully saturated rings. The quantitative estimate of drug-likeness (QED) is 0.225. The van der Waals surface area contributed by atoms with Crippen LogP contribution < -0.4 is 4.74 Å². The van der Waals surface area contributed by atoms with E-state index in [1.54, 1.807) is 5.57 Å². The number of unbranched alkanes of at least 4 members (excludes halogenated alkanes) is 3. The summed E-state index contributed by atoms with van der Waals surface area (Å²) < 4.78 is 7.47. The van der Waals surface area contributed by atoms with Crippen molar-refractivity contribution in [1.82, 2.24) is 0 Å². The highest BCUT2D eigenvalue weighted by Gasteiger charge is 2.46. The minimum atomic E-state index is 0.771. The third kappa shape index (κ3) is 5.81. The lowest BCUT2D eigenvalue weighted by Gasteiger charge is -2.52. The highest BCUT2D eigenvalue weighted by atomic mass is 35.5. The number of hydrogen-bond donors (Lipinski definition) is 0. The van der Waals surface area contributed by atoms with E-state index in [4.69, 9.17) is 16.3 Å². The molecule has 37 heavy (non-hydrogen) atoms. The molecule has 0 spiro atoms. The first kappa shape index (κ1) is 25.5. The lowest BCUT2D eigenvalue weighted by molar-refractivity contribution is -0.897. The molecule has 1 aliphatic heterocycles. The highest BCUT2D eigenvalue weighted by molar-refractivity contribution is 6.30. The maximum absolute atomic E-state index is 6.28. The van der Waals surface area contributed by atoms with E-state index in [9.17, 15) is 0 Å². The Morgan fingerprint density at radius 2 is 1.32 bits per heavy atom. The van der Waals surface area contributed by atoms with Crippen molar-refractivity contribution in [3.8, 4) is 5.75 Å². The van der Waals surface area contributed by atoms with Crippen molar-refractivity contribution >= 4 is 17.2 Å². The monoisotopic (exact) mass is 518 g/mol. The van der Waals surface area contributed by atoms with Crippen LogP contribution in [-0.2, 0) is 0 Å². The van der Waals surface area contributed by atoms with Crippen LogP contribution >= 0.6 is 11.6 Å². The van der Waals surface area contributed by atoms with Crippen molar-refractivity contribution in [3.05, 3.63) is 70.3 Å². The molecule has 4 saturated carbocycles. The number of benzene rings is 2. The predicted molar refractivity (Wildman–Crippen MR) is 155 cm³/mol. The minimum Gasteiger partial charge on any atom is -0.494 e. The van der Waals surface area contributed by atoms with Crippen molar-refractivity contribution in [2.24, 2.45) is 23.7 Å². The van der Waals surface area contributed by atoms with Crippen LogP contribution in [0.15, 0.2) is 54.1 Å². The van der Waals surface area contributed by atoms with Gasteiger partial charge in [0.25, 0.3) is 0 Å². The maximum atomic E-state index is 6.28. The van der Waals surface area contributed by atoms with Crippen molar-refractivity contribution in [3.63, 3.8) is 0 Å². The summed E-state index contributed by atoms with van der Waals surface area (Å²) in [6.45, 7) is 4.95. The fraction of sp³-hybridized carbons (Fsp3) is 0.588. The molecule has 2 nitrogen and oxygen atoms in total. The molecule has 1 heterocycles. The second-order valence-corrected chi connectivity index (χ2v) is 13.4. The number of quaternary nitrogens is 1. The van der Waals surface area contributed by atoms with Crippen LogP contribution in [0, 0.1) is 23.7 Å². The molecule has 198 valence electrons. The van der Waals surface area contributed by atoms with Crippen LogP contribution in [0.3, 0.4) is 0 Å². The molecule has 0 atom stereocenters. The minimum absolute atomic E-state index is 0.771. The van der Waals surface area contributed by atoms with Crippen LogP contribution in [0.5, 0.6) is 5.75 Å². The summed E-state index contributed by atoms with van der Waals surface area (Å²) in [6, 6.07) is 17.6. The molecule has 2 aromatic rings. The standard InChI is InChI=1S/C34H45ClNO/c1-36(17-5-6-18-36)16-4-2-3-7-19-37-32-14-10-28(11-15-32)33(27-8-12-31(35)13-9-27)34-29-21-25-20-26(23-29)24-30(34)22-25/h8-15,25-26,29-30H,2-7,16-24H2,1H3/q+1. The van der Waals surface area contributed by atoms with Gasteiger partial charge < -0.3 is 9.22 Å². The van der Waals surface area contributed by atoms with Crippen LogP contribution in [0.1, 0.15) is 81.8 Å². The lowest BCUT2D eigenvalue weighted by atomic mass is 9.53. The zero-order chi connectivity index (χ0) is 25.2. The van der Waals surface area contributed by atoms with Gasteiger partial charge in [0.15, 0.2) is 0 Å². The van der Waals surface area contributed by atoms with E-state index in [-0.39, 0.29) is 0 Å². The van der Waals surface area contributed by atoms with Crippen LogP contribution in [-0.4, -0.2) is 37.8 Å². The normalized spacial score (nSPS) is 27.6. The Balaban J connectivity index is 1.09. The fourth-order valence-corrected chi connectivity index (χ4v) is 8.52. The molecule has 0 radical (unpaired) electrons. The summed E-state index contributed by atoms with van der Waals surface area (Å²) in [7, 11) is 2.44. The Morgan fingerprint density at radius 3 is 1.95 bits per heavy atom. The molecule has 5 aliphatic rings. The Morgan fingerprint density at radius 1 is 0.757 bits per heavy atom. The second-order valence-electron chi connectivity index (χ2n) is 12.9. The molecule has 0 unspecified atom stereocenters. The number of ether oxygens (including phenoxy) is 1. The molecule has 0 N–H and O–H groups in total. The summed E-state index contributed by atoms with van der Waals surface area (Å²) in [5.41, 5.74) is 5.89. The summed E-state index contributed by atoms with van der Waals surface area (Å²) in [4.78, 5) is 0. The maximum Gasteiger partial charge on any atom is 0.119 e. The topological polar surface area (TPSA) is 9.23 Å². The average molecular weight is 519 g/mol. The Labute approximate surface area is 229 Å². The predicted octanol–water partition coefficient (Wildman–Crippen LogP) is 8.78. The molecule has 0 amide bonds.